The van der Waals surface area contributed by atoms with Crippen molar-refractivity contribution in [2.24, 2.45) is 5.92 Å². The maximum absolute atomic E-state index is 11.9. The number of amides is 1. The van der Waals surface area contributed by atoms with Gasteiger partial charge >= 0.3 is 0 Å². The lowest BCUT2D eigenvalue weighted by Crippen LogP contribution is -2.42. The zero-order chi connectivity index (χ0) is 12.0. The molecule has 3 nitrogen and oxygen atoms in total. The van der Waals surface area contributed by atoms with Gasteiger partial charge in [-0.1, -0.05) is 20.3 Å². The van der Waals surface area contributed by atoms with Gasteiger partial charge in [-0.15, -0.1) is 0 Å². The lowest BCUT2D eigenvalue weighted by atomic mass is 10.0. The number of carbonyl (C=O) groups excluding carboxylic acids is 1. The fraction of sp³-hybridized carbons (Fsp3) is 0.923. The van der Waals surface area contributed by atoms with Crippen LogP contribution in [0.1, 0.15) is 39.5 Å². The summed E-state index contributed by atoms with van der Waals surface area (Å²) in [6.45, 7) is 8.14. The van der Waals surface area contributed by atoms with E-state index in [4.69, 9.17) is 0 Å². The monoisotopic (exact) mass is 226 g/mol. The number of hydrogen-bond donors (Lipinski definition) is 0. The van der Waals surface area contributed by atoms with Crippen LogP contribution < -0.4 is 0 Å². The normalized spacial score (nSPS) is 22.1. The molecule has 0 saturated carbocycles. The number of carbonyl (C=O) groups is 1. The van der Waals surface area contributed by atoms with Crippen molar-refractivity contribution < 1.29 is 4.79 Å². The van der Waals surface area contributed by atoms with Crippen molar-refractivity contribution in [3.63, 3.8) is 0 Å². The molecular formula is C13H26N2O. The summed E-state index contributed by atoms with van der Waals surface area (Å²) in [6, 6.07) is 0. The van der Waals surface area contributed by atoms with E-state index in [9.17, 15) is 4.79 Å². The molecule has 0 aliphatic carbocycles. The molecule has 0 bridgehead atoms. The first kappa shape index (κ1) is 13.5. The lowest BCUT2D eigenvalue weighted by molar-refractivity contribution is -0.131. The molecule has 1 heterocycles. The molecule has 1 saturated heterocycles. The summed E-state index contributed by atoms with van der Waals surface area (Å²) < 4.78 is 0. The van der Waals surface area contributed by atoms with Gasteiger partial charge in [0.1, 0.15) is 0 Å². The molecule has 0 aromatic carbocycles. The van der Waals surface area contributed by atoms with Crippen LogP contribution in [0.3, 0.4) is 0 Å². The fourth-order valence-corrected chi connectivity index (χ4v) is 2.26. The Morgan fingerprint density at radius 2 is 2.25 bits per heavy atom. The van der Waals surface area contributed by atoms with E-state index >= 15 is 0 Å². The third-order valence-electron chi connectivity index (χ3n) is 3.37. The van der Waals surface area contributed by atoms with Crippen LogP contribution >= 0.6 is 0 Å². The van der Waals surface area contributed by atoms with Crippen LogP contribution in [-0.4, -0.2) is 48.9 Å². The molecule has 16 heavy (non-hydrogen) atoms. The zero-order valence-electron chi connectivity index (χ0n) is 11.0. The van der Waals surface area contributed by atoms with Gasteiger partial charge < -0.3 is 4.90 Å². The van der Waals surface area contributed by atoms with Crippen LogP contribution in [0.5, 0.6) is 0 Å². The molecule has 94 valence electrons. The van der Waals surface area contributed by atoms with Gasteiger partial charge in [0.15, 0.2) is 0 Å². The van der Waals surface area contributed by atoms with Gasteiger partial charge in [-0.3, -0.25) is 9.69 Å². The Balaban J connectivity index is 2.26. The van der Waals surface area contributed by atoms with Gasteiger partial charge in [0.2, 0.25) is 5.91 Å². The van der Waals surface area contributed by atoms with Crippen LogP contribution in [0.2, 0.25) is 0 Å². The van der Waals surface area contributed by atoms with Crippen molar-refractivity contribution in [2.75, 3.05) is 33.2 Å². The van der Waals surface area contributed by atoms with Crippen LogP contribution in [0, 0.1) is 5.92 Å². The second-order valence-electron chi connectivity index (χ2n) is 5.15. The number of likely N-dealkylation sites (tertiary alicyclic amines) is 1. The molecule has 1 aliphatic heterocycles. The molecule has 1 amide bonds. The molecule has 1 rings (SSSR count). The van der Waals surface area contributed by atoms with Crippen molar-refractivity contribution in [3.05, 3.63) is 0 Å². The Bertz CT molecular complexity index is 218. The summed E-state index contributed by atoms with van der Waals surface area (Å²) in [7, 11) is 1.92. The number of nitrogens with zero attached hydrogens (tertiary/aromatic N) is 2. The van der Waals surface area contributed by atoms with E-state index in [0.29, 0.717) is 6.54 Å². The SMILES string of the molecule is CCCCN(C)C(=O)CN1CCCC(C)C1. The average molecular weight is 226 g/mol. The largest absolute Gasteiger partial charge is 0.345 e. The first-order valence-electron chi connectivity index (χ1n) is 6.59. The number of likely N-dealkylation sites (N-methyl/N-ethyl adjacent to an activating group) is 1. The Morgan fingerprint density at radius 3 is 2.88 bits per heavy atom. The molecule has 0 spiro atoms. The number of rotatable bonds is 5. The molecule has 0 aromatic rings. The van der Waals surface area contributed by atoms with Crippen LogP contribution in [0.15, 0.2) is 0 Å². The molecule has 1 fully saturated rings. The molecule has 0 aromatic heterocycles. The summed E-state index contributed by atoms with van der Waals surface area (Å²) in [5.74, 6) is 1.03. The standard InChI is InChI=1S/C13H26N2O/c1-4-5-8-14(3)13(16)11-15-9-6-7-12(2)10-15/h12H,4-11H2,1-3H3. The summed E-state index contributed by atoms with van der Waals surface area (Å²) in [6.07, 6.45) is 4.82. The Morgan fingerprint density at radius 1 is 1.50 bits per heavy atom. The van der Waals surface area contributed by atoms with E-state index in [2.05, 4.69) is 18.7 Å². The molecule has 1 atom stereocenters. The van der Waals surface area contributed by atoms with Gasteiger partial charge in [-0.25, -0.2) is 0 Å². The third-order valence-corrected chi connectivity index (χ3v) is 3.37. The number of unbranched alkanes of at least 4 members (excludes halogenated alkanes) is 1. The summed E-state index contributed by atoms with van der Waals surface area (Å²) in [5.41, 5.74) is 0. The smallest absolute Gasteiger partial charge is 0.236 e. The highest BCUT2D eigenvalue weighted by atomic mass is 16.2. The molecule has 0 radical (unpaired) electrons. The van der Waals surface area contributed by atoms with Crippen LogP contribution in [0.25, 0.3) is 0 Å². The minimum absolute atomic E-state index is 0.280. The highest BCUT2D eigenvalue weighted by Crippen LogP contribution is 2.15. The minimum Gasteiger partial charge on any atom is -0.345 e. The predicted molar refractivity (Wildman–Crippen MR) is 67.4 cm³/mol. The van der Waals surface area contributed by atoms with E-state index in [-0.39, 0.29) is 5.91 Å². The Hall–Kier alpha value is -0.570. The van der Waals surface area contributed by atoms with E-state index in [1.165, 1.54) is 12.8 Å². The highest BCUT2D eigenvalue weighted by Gasteiger charge is 2.19. The van der Waals surface area contributed by atoms with E-state index in [1.54, 1.807) is 0 Å². The predicted octanol–water partition coefficient (Wildman–Crippen LogP) is 1.98. The fourth-order valence-electron chi connectivity index (χ4n) is 2.26. The molecule has 0 N–H and O–H groups in total. The molecular weight excluding hydrogens is 200 g/mol. The Kier molecular flexibility index (Phi) is 5.81. The zero-order valence-corrected chi connectivity index (χ0v) is 11.0. The van der Waals surface area contributed by atoms with Crippen LogP contribution in [0.4, 0.5) is 0 Å². The van der Waals surface area contributed by atoms with Gasteiger partial charge in [0.25, 0.3) is 0 Å². The Labute approximate surface area is 99.8 Å². The van der Waals surface area contributed by atoms with Gasteiger partial charge in [-0.05, 0) is 31.7 Å². The van der Waals surface area contributed by atoms with E-state index in [0.717, 1.165) is 38.4 Å². The first-order valence-corrected chi connectivity index (χ1v) is 6.59. The maximum Gasteiger partial charge on any atom is 0.236 e. The van der Waals surface area contributed by atoms with Crippen molar-refractivity contribution in [3.8, 4) is 0 Å². The molecule has 1 unspecified atom stereocenters. The summed E-state index contributed by atoms with van der Waals surface area (Å²) >= 11 is 0. The third kappa shape index (κ3) is 4.52. The van der Waals surface area contributed by atoms with E-state index in [1.807, 2.05) is 11.9 Å². The number of piperidine rings is 1. The van der Waals surface area contributed by atoms with E-state index < -0.39 is 0 Å². The quantitative estimate of drug-likeness (QED) is 0.715. The maximum atomic E-state index is 11.9. The topological polar surface area (TPSA) is 23.6 Å². The number of hydrogen-bond acceptors (Lipinski definition) is 2. The first-order chi connectivity index (χ1) is 7.63. The van der Waals surface area contributed by atoms with Gasteiger partial charge in [0.05, 0.1) is 6.54 Å². The summed E-state index contributed by atoms with van der Waals surface area (Å²) in [4.78, 5) is 16.1. The lowest BCUT2D eigenvalue weighted by Gasteiger charge is -2.31. The van der Waals surface area contributed by atoms with Crippen LogP contribution in [-0.2, 0) is 4.79 Å². The highest BCUT2D eigenvalue weighted by molar-refractivity contribution is 5.77. The van der Waals surface area contributed by atoms with Crippen molar-refractivity contribution in [1.29, 1.82) is 0 Å². The second kappa shape index (κ2) is 6.89. The summed E-state index contributed by atoms with van der Waals surface area (Å²) in [5, 5.41) is 0. The van der Waals surface area contributed by atoms with Crippen molar-refractivity contribution in [2.45, 2.75) is 39.5 Å². The average Bonchev–Trinajstić information content (AvgIpc) is 2.25. The minimum atomic E-state index is 0.280. The van der Waals surface area contributed by atoms with Crippen molar-refractivity contribution in [1.82, 2.24) is 9.80 Å². The van der Waals surface area contributed by atoms with Gasteiger partial charge in [0, 0.05) is 20.1 Å². The van der Waals surface area contributed by atoms with Crippen molar-refractivity contribution >= 4 is 5.91 Å². The second-order valence-corrected chi connectivity index (χ2v) is 5.15. The molecule has 3 heteroatoms. The molecule has 1 aliphatic rings. The van der Waals surface area contributed by atoms with Gasteiger partial charge in [-0.2, -0.15) is 0 Å².